The normalized spacial score (nSPS) is 22.6. The number of amides is 1. The fourth-order valence-corrected chi connectivity index (χ4v) is 4.51. The quantitative estimate of drug-likeness (QED) is 0.775. The van der Waals surface area contributed by atoms with E-state index in [9.17, 15) is 22.0 Å². The van der Waals surface area contributed by atoms with Crippen molar-refractivity contribution in [3.05, 3.63) is 53.5 Å². The Morgan fingerprint density at radius 1 is 1.17 bits per heavy atom. The zero-order chi connectivity index (χ0) is 21.6. The van der Waals surface area contributed by atoms with Gasteiger partial charge in [-0.25, -0.2) is 27.2 Å². The Labute approximate surface area is 166 Å². The van der Waals surface area contributed by atoms with Crippen LogP contribution < -0.4 is 11.1 Å². The Morgan fingerprint density at radius 3 is 2.45 bits per heavy atom. The largest absolute Gasteiger partial charge is 0.386 e. The van der Waals surface area contributed by atoms with E-state index < -0.39 is 43.4 Å². The average Bonchev–Trinajstić information content (AvgIpc) is 2.62. The van der Waals surface area contributed by atoms with Crippen molar-refractivity contribution in [3.8, 4) is 0 Å². The molecule has 2 aromatic heterocycles. The van der Waals surface area contributed by atoms with E-state index in [1.165, 1.54) is 32.9 Å². The van der Waals surface area contributed by atoms with E-state index in [2.05, 4.69) is 20.3 Å². The maximum absolute atomic E-state index is 14.5. The summed E-state index contributed by atoms with van der Waals surface area (Å²) < 4.78 is 51.4. The number of hydrogen-bond acceptors (Lipinski definition) is 7. The van der Waals surface area contributed by atoms with E-state index in [0.717, 1.165) is 18.3 Å². The molecule has 0 radical (unpaired) electrons. The molecule has 1 atom stereocenters. The third kappa shape index (κ3) is 3.69. The monoisotopic (exact) mass is 423 g/mol. The van der Waals surface area contributed by atoms with Crippen LogP contribution >= 0.6 is 0 Å². The van der Waals surface area contributed by atoms with Gasteiger partial charge in [0.05, 0.1) is 11.9 Å². The van der Waals surface area contributed by atoms with Crippen molar-refractivity contribution < 1.29 is 22.0 Å². The third-order valence-corrected chi connectivity index (χ3v) is 7.50. The van der Waals surface area contributed by atoms with Crippen LogP contribution in [0.5, 0.6) is 0 Å². The number of pyridine rings is 2. The second-order valence-electron chi connectivity index (χ2n) is 7.38. The minimum absolute atomic E-state index is 0.0465. The van der Waals surface area contributed by atoms with Crippen molar-refractivity contribution in [2.45, 2.75) is 31.1 Å². The number of hydrogen-bond donors (Lipinski definition) is 2. The zero-order valence-electron chi connectivity index (χ0n) is 15.9. The van der Waals surface area contributed by atoms with Crippen LogP contribution in [0.3, 0.4) is 0 Å². The number of anilines is 1. The molecule has 154 valence electrons. The summed E-state index contributed by atoms with van der Waals surface area (Å²) in [4.78, 5) is 24.2. The lowest BCUT2D eigenvalue weighted by atomic mass is 9.98. The smallest absolute Gasteiger partial charge is 0.275 e. The first-order valence-corrected chi connectivity index (χ1v) is 10.2. The van der Waals surface area contributed by atoms with Gasteiger partial charge < -0.3 is 11.1 Å². The molecule has 1 aliphatic heterocycles. The van der Waals surface area contributed by atoms with Gasteiger partial charge in [0.15, 0.2) is 9.84 Å². The summed E-state index contributed by atoms with van der Waals surface area (Å²) >= 11 is 0. The molecule has 0 aromatic carbocycles. The van der Waals surface area contributed by atoms with E-state index in [4.69, 9.17) is 5.73 Å². The van der Waals surface area contributed by atoms with Gasteiger partial charge in [-0.05, 0) is 45.0 Å². The Bertz CT molecular complexity index is 1120. The number of nitrogens with two attached hydrogens (primary N) is 1. The molecule has 0 saturated heterocycles. The second-order valence-corrected chi connectivity index (χ2v) is 9.92. The molecule has 0 spiro atoms. The molecule has 3 N–H and O–H groups in total. The highest BCUT2D eigenvalue weighted by molar-refractivity contribution is 7.93. The number of carbonyl (C=O) groups is 1. The number of carbonyl (C=O) groups excluding carboxylic acids is 1. The van der Waals surface area contributed by atoms with Gasteiger partial charge in [0.1, 0.15) is 45.0 Å². The molecule has 0 unspecified atom stereocenters. The summed E-state index contributed by atoms with van der Waals surface area (Å²) in [5, 5.41) is 2.42. The predicted molar refractivity (Wildman–Crippen MR) is 103 cm³/mol. The lowest BCUT2D eigenvalue weighted by Gasteiger charge is -2.37. The summed E-state index contributed by atoms with van der Waals surface area (Å²) in [6.07, 6.45) is 0.881. The highest BCUT2D eigenvalue weighted by atomic mass is 32.2. The first-order chi connectivity index (χ1) is 13.4. The van der Waals surface area contributed by atoms with Crippen molar-refractivity contribution in [1.82, 2.24) is 9.97 Å². The molecule has 3 heterocycles. The minimum Gasteiger partial charge on any atom is -0.386 e. The van der Waals surface area contributed by atoms with Gasteiger partial charge in [-0.3, -0.25) is 9.79 Å². The van der Waals surface area contributed by atoms with Crippen LogP contribution in [-0.2, 0) is 15.4 Å². The van der Waals surface area contributed by atoms with Gasteiger partial charge in [0, 0.05) is 0 Å². The fourth-order valence-electron chi connectivity index (χ4n) is 2.84. The molecule has 3 rings (SSSR count). The van der Waals surface area contributed by atoms with Gasteiger partial charge in [0.2, 0.25) is 0 Å². The molecule has 0 fully saturated rings. The standard InChI is InChI=1S/C18H19F2N5O3S/c1-17(2)16(21)25-18(3,9-29(17,27)28)14-11(20)5-7-13(23-14)24-15(26)12-6-4-10(19)8-22-12/h4-8H,9H2,1-3H3,(H2,21,25)(H,23,24,26)/t18-/m0/s1. The van der Waals surface area contributed by atoms with Crippen LogP contribution in [0.15, 0.2) is 35.5 Å². The second kappa shape index (κ2) is 6.83. The van der Waals surface area contributed by atoms with Crippen LogP contribution in [-0.4, -0.2) is 40.6 Å². The number of sulfone groups is 1. The lowest BCUT2D eigenvalue weighted by Crippen LogP contribution is -2.55. The molecule has 29 heavy (non-hydrogen) atoms. The van der Waals surface area contributed by atoms with Crippen LogP contribution in [0.25, 0.3) is 0 Å². The summed E-state index contributed by atoms with van der Waals surface area (Å²) in [6.45, 7) is 4.26. The van der Waals surface area contributed by atoms with Crippen LogP contribution in [0.2, 0.25) is 0 Å². The number of amidine groups is 1. The number of aromatic nitrogens is 2. The Morgan fingerprint density at radius 2 is 1.86 bits per heavy atom. The van der Waals surface area contributed by atoms with Gasteiger partial charge in [-0.2, -0.15) is 0 Å². The van der Waals surface area contributed by atoms with Gasteiger partial charge >= 0.3 is 0 Å². The number of rotatable bonds is 3. The third-order valence-electron chi connectivity index (χ3n) is 4.79. The zero-order valence-corrected chi connectivity index (χ0v) is 16.7. The Kier molecular flexibility index (Phi) is 4.89. The first-order valence-electron chi connectivity index (χ1n) is 8.54. The maximum Gasteiger partial charge on any atom is 0.275 e. The summed E-state index contributed by atoms with van der Waals surface area (Å²) in [5.41, 5.74) is 3.95. The Balaban J connectivity index is 1.98. The molecule has 0 saturated carbocycles. The van der Waals surface area contributed by atoms with Crippen molar-refractivity contribution >= 4 is 27.4 Å². The van der Waals surface area contributed by atoms with Crippen molar-refractivity contribution in [1.29, 1.82) is 0 Å². The fraction of sp³-hybridized carbons (Fsp3) is 0.333. The van der Waals surface area contributed by atoms with Crippen molar-refractivity contribution in [3.63, 3.8) is 0 Å². The number of halogens is 2. The van der Waals surface area contributed by atoms with E-state index in [1.807, 2.05) is 0 Å². The lowest BCUT2D eigenvalue weighted by molar-refractivity contribution is 0.102. The van der Waals surface area contributed by atoms with Gasteiger partial charge in [-0.1, -0.05) is 0 Å². The van der Waals surface area contributed by atoms with Gasteiger partial charge in [-0.15, -0.1) is 0 Å². The maximum atomic E-state index is 14.5. The molecule has 0 bridgehead atoms. The Hall–Kier alpha value is -2.95. The van der Waals surface area contributed by atoms with Crippen LogP contribution in [0.1, 0.15) is 37.0 Å². The van der Waals surface area contributed by atoms with E-state index >= 15 is 0 Å². The molecular weight excluding hydrogens is 404 g/mol. The molecule has 1 aliphatic rings. The molecule has 0 aliphatic carbocycles. The summed E-state index contributed by atoms with van der Waals surface area (Å²) in [7, 11) is -3.76. The topological polar surface area (TPSA) is 127 Å². The van der Waals surface area contributed by atoms with Crippen molar-refractivity contribution in [2.24, 2.45) is 10.7 Å². The molecule has 8 nitrogen and oxygen atoms in total. The number of nitrogens with one attached hydrogen (secondary N) is 1. The molecular formula is C18H19F2N5O3S. The molecule has 1 amide bonds. The number of aliphatic imine (C=N–C) groups is 1. The minimum atomic E-state index is -3.76. The number of nitrogens with zero attached hydrogens (tertiary/aromatic N) is 3. The van der Waals surface area contributed by atoms with Crippen molar-refractivity contribution in [2.75, 3.05) is 11.1 Å². The summed E-state index contributed by atoms with van der Waals surface area (Å²) in [5.74, 6) is -2.80. The molecule has 11 heteroatoms. The average molecular weight is 423 g/mol. The van der Waals surface area contributed by atoms with E-state index in [1.54, 1.807) is 0 Å². The molecule has 2 aromatic rings. The van der Waals surface area contributed by atoms with Crippen LogP contribution in [0, 0.1) is 11.6 Å². The highest BCUT2D eigenvalue weighted by Gasteiger charge is 2.50. The highest BCUT2D eigenvalue weighted by Crippen LogP contribution is 2.37. The van der Waals surface area contributed by atoms with Crippen LogP contribution in [0.4, 0.5) is 14.6 Å². The first kappa shape index (κ1) is 20.8. The summed E-state index contributed by atoms with van der Waals surface area (Å²) in [6, 6.07) is 4.49. The van der Waals surface area contributed by atoms with E-state index in [0.29, 0.717) is 0 Å². The van der Waals surface area contributed by atoms with E-state index in [-0.39, 0.29) is 23.0 Å². The predicted octanol–water partition coefficient (Wildman–Crippen LogP) is 1.79. The van der Waals surface area contributed by atoms with Gasteiger partial charge in [0.25, 0.3) is 5.91 Å². The SMILES string of the molecule is CC1(C)C(N)=N[C@](C)(c2nc(NC(=O)c3ccc(F)cn3)ccc2F)CS1(=O)=O.